The second-order valence-corrected chi connectivity index (χ2v) is 7.25. The lowest BCUT2D eigenvalue weighted by atomic mass is 9.93. The van der Waals surface area contributed by atoms with Crippen molar-refractivity contribution in [2.45, 2.75) is 29.7 Å². The van der Waals surface area contributed by atoms with Crippen molar-refractivity contribution in [3.8, 4) is 0 Å². The number of alkyl halides is 1. The SMILES string of the molecule is C[C@@](F)(C1CCNCC1)S(=O)(=O)c1cccc(F)c1. The molecule has 19 heavy (non-hydrogen) atoms. The molecule has 1 fully saturated rings. The fourth-order valence-electron chi connectivity index (χ4n) is 2.42. The van der Waals surface area contributed by atoms with Crippen molar-refractivity contribution in [2.24, 2.45) is 5.92 Å². The summed E-state index contributed by atoms with van der Waals surface area (Å²) >= 11 is 0. The van der Waals surface area contributed by atoms with Crippen molar-refractivity contribution in [3.05, 3.63) is 30.1 Å². The predicted molar refractivity (Wildman–Crippen MR) is 68.7 cm³/mol. The van der Waals surface area contributed by atoms with Crippen molar-refractivity contribution in [2.75, 3.05) is 13.1 Å². The zero-order valence-electron chi connectivity index (χ0n) is 10.7. The van der Waals surface area contributed by atoms with Gasteiger partial charge in [0.05, 0.1) is 4.90 Å². The average Bonchev–Trinajstić information content (AvgIpc) is 2.39. The molecule has 3 nitrogen and oxygen atoms in total. The second kappa shape index (κ2) is 5.17. The highest BCUT2D eigenvalue weighted by Crippen LogP contribution is 2.38. The van der Waals surface area contributed by atoms with Crippen LogP contribution in [0, 0.1) is 11.7 Å². The van der Waals surface area contributed by atoms with Gasteiger partial charge in [-0.2, -0.15) is 0 Å². The van der Waals surface area contributed by atoms with Crippen LogP contribution in [0.15, 0.2) is 29.2 Å². The standard InChI is InChI=1S/C13H17F2NO2S/c1-13(15,10-5-7-16-8-6-10)19(17,18)12-4-2-3-11(14)9-12/h2-4,9-10,16H,5-8H2,1H3/t13-/m0/s1. The van der Waals surface area contributed by atoms with Crippen LogP contribution in [0.4, 0.5) is 8.78 Å². The topological polar surface area (TPSA) is 46.2 Å². The lowest BCUT2D eigenvalue weighted by Crippen LogP contribution is -2.44. The summed E-state index contributed by atoms with van der Waals surface area (Å²) in [5.74, 6) is -1.25. The van der Waals surface area contributed by atoms with Crippen molar-refractivity contribution >= 4 is 9.84 Å². The Balaban J connectivity index is 2.37. The molecular weight excluding hydrogens is 272 g/mol. The number of sulfone groups is 1. The van der Waals surface area contributed by atoms with Gasteiger partial charge in [0.2, 0.25) is 14.8 Å². The van der Waals surface area contributed by atoms with Crippen LogP contribution in [-0.4, -0.2) is 26.5 Å². The summed E-state index contributed by atoms with van der Waals surface area (Å²) in [5, 5.41) is 0.694. The molecule has 1 heterocycles. The molecule has 1 aliphatic heterocycles. The highest BCUT2D eigenvalue weighted by atomic mass is 32.2. The third kappa shape index (κ3) is 2.65. The Morgan fingerprint density at radius 3 is 2.53 bits per heavy atom. The van der Waals surface area contributed by atoms with Gasteiger partial charge in [0.15, 0.2) is 0 Å². The van der Waals surface area contributed by atoms with Crippen LogP contribution in [-0.2, 0) is 9.84 Å². The summed E-state index contributed by atoms with van der Waals surface area (Å²) in [6.07, 6.45) is 0.920. The molecule has 1 aromatic carbocycles. The van der Waals surface area contributed by atoms with Crippen LogP contribution >= 0.6 is 0 Å². The number of nitrogens with one attached hydrogen (secondary N) is 1. The van der Waals surface area contributed by atoms with E-state index in [1.54, 1.807) is 0 Å². The predicted octanol–water partition coefficient (Wildman–Crippen LogP) is 2.28. The first-order chi connectivity index (χ1) is 8.85. The molecule has 0 bridgehead atoms. The van der Waals surface area contributed by atoms with E-state index in [1.807, 2.05) is 0 Å². The van der Waals surface area contributed by atoms with E-state index in [0.717, 1.165) is 19.1 Å². The number of benzene rings is 1. The minimum atomic E-state index is -4.20. The molecule has 1 N–H and O–H groups in total. The molecule has 0 radical (unpaired) electrons. The largest absolute Gasteiger partial charge is 0.317 e. The molecule has 1 aliphatic rings. The molecule has 0 unspecified atom stereocenters. The molecule has 0 aliphatic carbocycles. The Labute approximate surface area is 111 Å². The molecule has 0 saturated carbocycles. The van der Waals surface area contributed by atoms with E-state index in [4.69, 9.17) is 0 Å². The van der Waals surface area contributed by atoms with Crippen LogP contribution < -0.4 is 5.32 Å². The van der Waals surface area contributed by atoms with Gasteiger partial charge < -0.3 is 5.32 Å². The number of halogens is 2. The Morgan fingerprint density at radius 2 is 1.95 bits per heavy atom. The number of hydrogen-bond acceptors (Lipinski definition) is 3. The molecule has 0 spiro atoms. The molecule has 106 valence electrons. The Kier molecular flexibility index (Phi) is 3.92. The van der Waals surface area contributed by atoms with E-state index < -0.39 is 26.6 Å². The van der Waals surface area contributed by atoms with Gasteiger partial charge in [0.25, 0.3) is 0 Å². The highest BCUT2D eigenvalue weighted by molar-refractivity contribution is 7.92. The summed E-state index contributed by atoms with van der Waals surface area (Å²) in [6.45, 7) is 2.29. The summed E-state index contributed by atoms with van der Waals surface area (Å²) in [5.41, 5.74) is 0. The van der Waals surface area contributed by atoms with E-state index in [1.165, 1.54) is 12.1 Å². The second-order valence-electron chi connectivity index (χ2n) is 4.97. The van der Waals surface area contributed by atoms with E-state index >= 15 is 0 Å². The smallest absolute Gasteiger partial charge is 0.215 e. The van der Waals surface area contributed by atoms with Gasteiger partial charge in [0, 0.05) is 5.92 Å². The third-order valence-electron chi connectivity index (χ3n) is 3.70. The molecule has 0 amide bonds. The lowest BCUT2D eigenvalue weighted by molar-refractivity contribution is 0.159. The third-order valence-corrected chi connectivity index (χ3v) is 5.96. The van der Waals surface area contributed by atoms with E-state index in [2.05, 4.69) is 5.32 Å². The Hall–Kier alpha value is -1.01. The van der Waals surface area contributed by atoms with Gasteiger partial charge in [-0.1, -0.05) is 6.07 Å². The first-order valence-corrected chi connectivity index (χ1v) is 7.74. The molecule has 2 rings (SSSR count). The van der Waals surface area contributed by atoms with E-state index in [0.29, 0.717) is 25.9 Å². The van der Waals surface area contributed by atoms with Gasteiger partial charge in [-0.15, -0.1) is 0 Å². The summed E-state index contributed by atoms with van der Waals surface area (Å²) < 4.78 is 52.7. The zero-order chi connectivity index (χ0) is 14.1. The fourth-order valence-corrected chi connectivity index (χ4v) is 4.08. The van der Waals surface area contributed by atoms with Gasteiger partial charge in [-0.25, -0.2) is 17.2 Å². The summed E-state index contributed by atoms with van der Waals surface area (Å²) in [6, 6.07) is 4.52. The van der Waals surface area contributed by atoms with Crippen LogP contribution in [0.2, 0.25) is 0 Å². The zero-order valence-corrected chi connectivity index (χ0v) is 11.5. The van der Waals surface area contributed by atoms with Crippen LogP contribution in [0.3, 0.4) is 0 Å². The van der Waals surface area contributed by atoms with E-state index in [-0.39, 0.29) is 4.90 Å². The number of piperidine rings is 1. The molecule has 1 saturated heterocycles. The monoisotopic (exact) mass is 289 g/mol. The fraction of sp³-hybridized carbons (Fsp3) is 0.538. The minimum absolute atomic E-state index is 0.295. The first kappa shape index (κ1) is 14.4. The number of hydrogen-bond donors (Lipinski definition) is 1. The summed E-state index contributed by atoms with van der Waals surface area (Å²) in [4.78, 5) is -0.295. The highest BCUT2D eigenvalue weighted by Gasteiger charge is 2.47. The van der Waals surface area contributed by atoms with Gasteiger partial charge in [-0.05, 0) is 51.1 Å². The van der Waals surface area contributed by atoms with Crippen molar-refractivity contribution < 1.29 is 17.2 Å². The van der Waals surface area contributed by atoms with Gasteiger partial charge >= 0.3 is 0 Å². The maximum Gasteiger partial charge on any atom is 0.215 e. The van der Waals surface area contributed by atoms with Crippen LogP contribution in [0.1, 0.15) is 19.8 Å². The molecular formula is C13H17F2NO2S. The lowest BCUT2D eigenvalue weighted by Gasteiger charge is -2.33. The molecule has 1 aromatic rings. The summed E-state index contributed by atoms with van der Waals surface area (Å²) in [7, 11) is -4.20. The van der Waals surface area contributed by atoms with Gasteiger partial charge in [-0.3, -0.25) is 0 Å². The quantitative estimate of drug-likeness (QED) is 0.928. The van der Waals surface area contributed by atoms with Crippen LogP contribution in [0.25, 0.3) is 0 Å². The van der Waals surface area contributed by atoms with Crippen molar-refractivity contribution in [1.82, 2.24) is 5.32 Å². The molecule has 0 aromatic heterocycles. The maximum atomic E-state index is 14.8. The Morgan fingerprint density at radius 1 is 1.32 bits per heavy atom. The van der Waals surface area contributed by atoms with E-state index in [9.17, 15) is 17.2 Å². The Bertz CT molecular complexity index is 552. The van der Waals surface area contributed by atoms with Crippen molar-refractivity contribution in [1.29, 1.82) is 0 Å². The van der Waals surface area contributed by atoms with Crippen molar-refractivity contribution in [3.63, 3.8) is 0 Å². The van der Waals surface area contributed by atoms with Crippen LogP contribution in [0.5, 0.6) is 0 Å². The van der Waals surface area contributed by atoms with Gasteiger partial charge in [0.1, 0.15) is 5.82 Å². The minimum Gasteiger partial charge on any atom is -0.317 e. The normalized spacial score (nSPS) is 21.0. The average molecular weight is 289 g/mol. The first-order valence-electron chi connectivity index (χ1n) is 6.25. The molecule has 1 atom stereocenters. The molecule has 6 heteroatoms. The maximum absolute atomic E-state index is 14.8. The number of rotatable bonds is 3.